The lowest BCUT2D eigenvalue weighted by atomic mass is 10.2. The second kappa shape index (κ2) is 16.0. The number of esters is 2. The summed E-state index contributed by atoms with van der Waals surface area (Å²) in [6.45, 7) is 7.89. The molecule has 0 atom stereocenters. The van der Waals surface area contributed by atoms with E-state index in [9.17, 15) is 9.59 Å². The summed E-state index contributed by atoms with van der Waals surface area (Å²) in [7, 11) is 0. The maximum absolute atomic E-state index is 10.8. The Bertz CT molecular complexity index is 303. The zero-order valence-corrected chi connectivity index (χ0v) is 13.5. The molecule has 0 rings (SSSR count). The van der Waals surface area contributed by atoms with E-state index < -0.39 is 5.97 Å². The lowest BCUT2D eigenvalue weighted by molar-refractivity contribution is -0.144. The first-order chi connectivity index (χ1) is 10.7. The highest BCUT2D eigenvalue weighted by Gasteiger charge is 1.98. The van der Waals surface area contributed by atoms with Gasteiger partial charge in [-0.15, -0.1) is 0 Å². The van der Waals surface area contributed by atoms with Gasteiger partial charge in [0.05, 0.1) is 13.2 Å². The minimum absolute atomic E-state index is 0.192. The SMILES string of the molecule is C=CC(=O)OCCOCCCCCCOCCOC(=O)CC. The van der Waals surface area contributed by atoms with Gasteiger partial charge in [0, 0.05) is 25.7 Å². The van der Waals surface area contributed by atoms with Crippen molar-refractivity contribution < 1.29 is 28.5 Å². The highest BCUT2D eigenvalue weighted by atomic mass is 16.6. The van der Waals surface area contributed by atoms with Crippen molar-refractivity contribution in [2.24, 2.45) is 0 Å². The average Bonchev–Trinajstić information content (AvgIpc) is 2.54. The molecule has 0 aliphatic rings. The van der Waals surface area contributed by atoms with Crippen LogP contribution in [0.5, 0.6) is 0 Å². The van der Waals surface area contributed by atoms with E-state index >= 15 is 0 Å². The quantitative estimate of drug-likeness (QED) is 0.262. The van der Waals surface area contributed by atoms with Crippen LogP contribution in [0.4, 0.5) is 0 Å². The number of hydrogen-bond donors (Lipinski definition) is 0. The Kier molecular flexibility index (Phi) is 15.0. The van der Waals surface area contributed by atoms with Gasteiger partial charge in [-0.2, -0.15) is 0 Å². The molecule has 0 aromatic heterocycles. The molecule has 0 aliphatic carbocycles. The van der Waals surface area contributed by atoms with Gasteiger partial charge in [-0.3, -0.25) is 4.79 Å². The second-order valence-corrected chi connectivity index (χ2v) is 4.58. The fourth-order valence-electron chi connectivity index (χ4n) is 1.54. The molecule has 0 aromatic rings. The number of hydrogen-bond acceptors (Lipinski definition) is 6. The Balaban J connectivity index is 3.07. The number of carbonyl (C=O) groups is 2. The first-order valence-electron chi connectivity index (χ1n) is 7.81. The molecule has 22 heavy (non-hydrogen) atoms. The van der Waals surface area contributed by atoms with Gasteiger partial charge < -0.3 is 18.9 Å². The van der Waals surface area contributed by atoms with Crippen molar-refractivity contribution in [1.29, 1.82) is 0 Å². The number of carbonyl (C=O) groups excluding carboxylic acids is 2. The average molecular weight is 316 g/mol. The Labute approximate surface area is 132 Å². The Morgan fingerprint density at radius 3 is 1.86 bits per heavy atom. The van der Waals surface area contributed by atoms with Crippen LogP contribution in [0.2, 0.25) is 0 Å². The van der Waals surface area contributed by atoms with E-state index in [1.165, 1.54) is 0 Å². The first-order valence-corrected chi connectivity index (χ1v) is 7.81. The van der Waals surface area contributed by atoms with Crippen LogP contribution in [0.25, 0.3) is 0 Å². The van der Waals surface area contributed by atoms with Gasteiger partial charge in [0.2, 0.25) is 0 Å². The summed E-state index contributed by atoms with van der Waals surface area (Å²) >= 11 is 0. The van der Waals surface area contributed by atoms with Gasteiger partial charge in [-0.25, -0.2) is 4.79 Å². The highest BCUT2D eigenvalue weighted by Crippen LogP contribution is 2.00. The molecule has 0 aliphatic heterocycles. The highest BCUT2D eigenvalue weighted by molar-refractivity contribution is 5.81. The van der Waals surface area contributed by atoms with Crippen molar-refractivity contribution in [1.82, 2.24) is 0 Å². The molecule has 128 valence electrons. The topological polar surface area (TPSA) is 71.1 Å². The summed E-state index contributed by atoms with van der Waals surface area (Å²) in [6.07, 6.45) is 5.64. The maximum atomic E-state index is 10.8. The molecule has 6 nitrogen and oxygen atoms in total. The fourth-order valence-corrected chi connectivity index (χ4v) is 1.54. The van der Waals surface area contributed by atoms with E-state index in [1.54, 1.807) is 6.92 Å². The van der Waals surface area contributed by atoms with Crippen molar-refractivity contribution >= 4 is 11.9 Å². The Hall–Kier alpha value is -1.40. The largest absolute Gasteiger partial charge is 0.463 e. The molecule has 0 radical (unpaired) electrons. The van der Waals surface area contributed by atoms with Gasteiger partial charge in [0.1, 0.15) is 13.2 Å². The van der Waals surface area contributed by atoms with E-state index in [4.69, 9.17) is 18.9 Å². The van der Waals surface area contributed by atoms with E-state index in [1.807, 2.05) is 0 Å². The van der Waals surface area contributed by atoms with Crippen LogP contribution < -0.4 is 0 Å². The van der Waals surface area contributed by atoms with Gasteiger partial charge >= 0.3 is 11.9 Å². The second-order valence-electron chi connectivity index (χ2n) is 4.58. The van der Waals surface area contributed by atoms with Gasteiger partial charge in [-0.05, 0) is 12.8 Å². The van der Waals surface area contributed by atoms with Crippen molar-refractivity contribution in [3.8, 4) is 0 Å². The molecule has 0 bridgehead atoms. The van der Waals surface area contributed by atoms with E-state index in [0.717, 1.165) is 31.8 Å². The molecule has 0 fully saturated rings. The molecular weight excluding hydrogens is 288 g/mol. The Morgan fingerprint density at radius 1 is 0.818 bits per heavy atom. The monoisotopic (exact) mass is 316 g/mol. The third-order valence-electron chi connectivity index (χ3n) is 2.75. The van der Waals surface area contributed by atoms with Crippen LogP contribution in [-0.2, 0) is 28.5 Å². The lowest BCUT2D eigenvalue weighted by Crippen LogP contribution is -2.10. The molecule has 0 heterocycles. The van der Waals surface area contributed by atoms with Gasteiger partial charge in [-0.1, -0.05) is 26.3 Å². The summed E-state index contributed by atoms with van der Waals surface area (Å²) < 4.78 is 20.3. The number of ether oxygens (including phenoxy) is 4. The first kappa shape index (κ1) is 20.6. The maximum Gasteiger partial charge on any atom is 0.330 e. The van der Waals surface area contributed by atoms with E-state index in [2.05, 4.69) is 6.58 Å². The minimum atomic E-state index is -0.423. The van der Waals surface area contributed by atoms with Gasteiger partial charge in [0.15, 0.2) is 0 Å². The minimum Gasteiger partial charge on any atom is -0.463 e. The number of unbranched alkanes of at least 4 members (excludes halogenated alkanes) is 3. The van der Waals surface area contributed by atoms with Crippen LogP contribution in [0.15, 0.2) is 12.7 Å². The van der Waals surface area contributed by atoms with Crippen molar-refractivity contribution in [3.63, 3.8) is 0 Å². The molecule has 0 saturated carbocycles. The van der Waals surface area contributed by atoms with Crippen LogP contribution in [0.3, 0.4) is 0 Å². The van der Waals surface area contributed by atoms with Crippen molar-refractivity contribution in [2.75, 3.05) is 39.6 Å². The summed E-state index contributed by atoms with van der Waals surface area (Å²) in [5.41, 5.74) is 0. The summed E-state index contributed by atoms with van der Waals surface area (Å²) in [6, 6.07) is 0. The van der Waals surface area contributed by atoms with Crippen LogP contribution >= 0.6 is 0 Å². The molecule has 0 amide bonds. The normalized spacial score (nSPS) is 10.2. The fraction of sp³-hybridized carbons (Fsp3) is 0.750. The molecule has 0 saturated heterocycles. The van der Waals surface area contributed by atoms with Crippen molar-refractivity contribution in [3.05, 3.63) is 12.7 Å². The standard InChI is InChI=1S/C16H28O6/c1-3-15(17)21-13-11-19-9-7-5-6-8-10-20-12-14-22-16(18)4-2/h3H,1,4-14H2,2H3. The number of rotatable bonds is 15. The summed E-state index contributed by atoms with van der Waals surface area (Å²) in [5.74, 6) is -0.615. The smallest absolute Gasteiger partial charge is 0.330 e. The summed E-state index contributed by atoms with van der Waals surface area (Å²) in [4.78, 5) is 21.6. The van der Waals surface area contributed by atoms with Gasteiger partial charge in [0.25, 0.3) is 0 Å². The van der Waals surface area contributed by atoms with E-state index in [-0.39, 0.29) is 12.6 Å². The summed E-state index contributed by atoms with van der Waals surface area (Å²) in [5, 5.41) is 0. The molecule has 0 spiro atoms. The zero-order chi connectivity index (χ0) is 16.5. The molecule has 6 heteroatoms. The van der Waals surface area contributed by atoms with Crippen molar-refractivity contribution in [2.45, 2.75) is 39.0 Å². The van der Waals surface area contributed by atoms with E-state index in [0.29, 0.717) is 39.5 Å². The Morgan fingerprint density at radius 2 is 1.36 bits per heavy atom. The predicted octanol–water partition coefficient (Wildman–Crippen LogP) is 2.26. The lowest BCUT2D eigenvalue weighted by Gasteiger charge is -2.06. The zero-order valence-electron chi connectivity index (χ0n) is 13.5. The molecule has 0 aromatic carbocycles. The molecule has 0 N–H and O–H groups in total. The molecule has 0 unspecified atom stereocenters. The van der Waals surface area contributed by atoms with Crippen LogP contribution in [0, 0.1) is 0 Å². The van der Waals surface area contributed by atoms with Crippen LogP contribution in [-0.4, -0.2) is 51.6 Å². The molecular formula is C16H28O6. The third kappa shape index (κ3) is 15.0. The predicted molar refractivity (Wildman–Crippen MR) is 82.5 cm³/mol. The third-order valence-corrected chi connectivity index (χ3v) is 2.75. The van der Waals surface area contributed by atoms with Crippen LogP contribution in [0.1, 0.15) is 39.0 Å².